The predicted molar refractivity (Wildman–Crippen MR) is 116 cm³/mol. The molecule has 3 heteroatoms. The Morgan fingerprint density at radius 3 is 1.52 bits per heavy atom. The Labute approximate surface area is 164 Å². The fourth-order valence-electron chi connectivity index (χ4n) is 4.10. The van der Waals surface area contributed by atoms with Crippen LogP contribution in [0, 0.1) is 0 Å². The summed E-state index contributed by atoms with van der Waals surface area (Å²) in [5.74, 6) is 0. The van der Waals surface area contributed by atoms with Crippen LogP contribution < -0.4 is 0 Å². The molecule has 0 amide bonds. The van der Waals surface area contributed by atoms with Gasteiger partial charge < -0.3 is 4.43 Å². The molecule has 0 saturated carbocycles. The molecule has 0 aliphatic carbocycles. The number of rotatable bonds is 17. The van der Waals surface area contributed by atoms with E-state index in [0.717, 1.165) is 12.1 Å². The van der Waals surface area contributed by atoms with Crippen molar-refractivity contribution in [1.29, 1.82) is 0 Å². The summed E-state index contributed by atoms with van der Waals surface area (Å²) in [6, 6.07) is 2.63. The van der Waals surface area contributed by atoms with Crippen molar-refractivity contribution in [3.63, 3.8) is 0 Å². The van der Waals surface area contributed by atoms with Crippen LogP contribution in [-0.2, 0) is 4.43 Å². The Morgan fingerprint density at radius 2 is 1.08 bits per heavy atom. The van der Waals surface area contributed by atoms with E-state index in [1.165, 1.54) is 121 Å². The standard InChI is InChI=1S/C22H45ClOSi/c1-2-3-4-5-6-7-8-9-10-11-12-13-14-16-19-24-25(22-23)20-17-15-18-21-25/h2-22H2,1H3. The second kappa shape index (κ2) is 16.6. The van der Waals surface area contributed by atoms with Gasteiger partial charge >= 0.3 is 0 Å². The Hall–Kier alpha value is 0.467. The zero-order chi connectivity index (χ0) is 18.1. The van der Waals surface area contributed by atoms with Crippen LogP contribution in [0.25, 0.3) is 0 Å². The molecule has 25 heavy (non-hydrogen) atoms. The Morgan fingerprint density at radius 1 is 0.640 bits per heavy atom. The van der Waals surface area contributed by atoms with Gasteiger partial charge in [-0.3, -0.25) is 0 Å². The first-order valence-electron chi connectivity index (χ1n) is 11.5. The molecular weight excluding hydrogens is 344 g/mol. The topological polar surface area (TPSA) is 9.23 Å². The summed E-state index contributed by atoms with van der Waals surface area (Å²) in [6.07, 6.45) is 24.0. The lowest BCUT2D eigenvalue weighted by Crippen LogP contribution is -2.43. The van der Waals surface area contributed by atoms with Gasteiger partial charge in [-0.2, -0.15) is 0 Å². The van der Waals surface area contributed by atoms with Gasteiger partial charge in [0.15, 0.2) is 0 Å². The van der Waals surface area contributed by atoms with E-state index < -0.39 is 8.32 Å². The normalized spacial score (nSPS) is 17.0. The lowest BCUT2D eigenvalue weighted by atomic mass is 10.0. The molecule has 0 aromatic carbocycles. The van der Waals surface area contributed by atoms with E-state index >= 15 is 0 Å². The molecule has 150 valence electrons. The SMILES string of the molecule is CCCCCCCCCCCCCCCCO[Si]1(CCl)CCCCC1. The maximum absolute atomic E-state index is 6.33. The number of hydrogen-bond donors (Lipinski definition) is 0. The number of unbranched alkanes of at least 4 members (excludes halogenated alkanes) is 13. The van der Waals surface area contributed by atoms with Gasteiger partial charge in [0, 0.05) is 12.1 Å². The Bertz CT molecular complexity index is 279. The lowest BCUT2D eigenvalue weighted by Gasteiger charge is -2.33. The molecule has 1 saturated heterocycles. The summed E-state index contributed by atoms with van der Waals surface area (Å²) in [7, 11) is -1.50. The summed E-state index contributed by atoms with van der Waals surface area (Å²) in [5, 5.41) is 0. The summed E-state index contributed by atoms with van der Waals surface area (Å²) in [5.41, 5.74) is 0.825. The van der Waals surface area contributed by atoms with Gasteiger partial charge in [-0.25, -0.2) is 0 Å². The summed E-state index contributed by atoms with van der Waals surface area (Å²) in [6.45, 7) is 3.28. The third-order valence-corrected chi connectivity index (χ3v) is 11.2. The highest BCUT2D eigenvalue weighted by Gasteiger charge is 2.35. The largest absolute Gasteiger partial charge is 0.416 e. The van der Waals surface area contributed by atoms with Crippen molar-refractivity contribution in [2.75, 3.05) is 12.1 Å². The van der Waals surface area contributed by atoms with Crippen LogP contribution in [0.3, 0.4) is 0 Å². The zero-order valence-corrected chi connectivity index (χ0v) is 18.9. The molecule has 1 aliphatic heterocycles. The van der Waals surface area contributed by atoms with Crippen molar-refractivity contribution < 1.29 is 4.43 Å². The monoisotopic (exact) mass is 388 g/mol. The molecule has 1 fully saturated rings. The first-order chi connectivity index (χ1) is 12.3. The van der Waals surface area contributed by atoms with E-state index in [2.05, 4.69) is 6.92 Å². The Kier molecular flexibility index (Phi) is 15.6. The minimum Gasteiger partial charge on any atom is -0.416 e. The van der Waals surface area contributed by atoms with E-state index in [9.17, 15) is 0 Å². The molecule has 0 unspecified atom stereocenters. The molecule has 0 atom stereocenters. The van der Waals surface area contributed by atoms with E-state index in [4.69, 9.17) is 16.0 Å². The molecule has 1 rings (SSSR count). The number of halogens is 1. The first-order valence-corrected chi connectivity index (χ1v) is 14.6. The molecule has 0 bridgehead atoms. The highest BCUT2D eigenvalue weighted by atomic mass is 35.5. The summed E-state index contributed by atoms with van der Waals surface area (Å²) in [4.78, 5) is 0. The lowest BCUT2D eigenvalue weighted by molar-refractivity contribution is 0.282. The second-order valence-corrected chi connectivity index (χ2v) is 13.0. The van der Waals surface area contributed by atoms with Crippen LogP contribution in [0.2, 0.25) is 12.1 Å². The van der Waals surface area contributed by atoms with Crippen LogP contribution in [0.15, 0.2) is 0 Å². The van der Waals surface area contributed by atoms with Crippen molar-refractivity contribution >= 4 is 19.9 Å². The average molecular weight is 389 g/mol. The third kappa shape index (κ3) is 12.5. The fraction of sp³-hybridized carbons (Fsp3) is 1.00. The van der Waals surface area contributed by atoms with Gasteiger partial charge in [0.25, 0.3) is 0 Å². The highest BCUT2D eigenvalue weighted by Crippen LogP contribution is 2.30. The molecule has 0 aromatic rings. The molecule has 1 nitrogen and oxygen atoms in total. The quantitative estimate of drug-likeness (QED) is 0.138. The van der Waals surface area contributed by atoms with E-state index in [1.807, 2.05) is 0 Å². The predicted octanol–water partition coefficient (Wildman–Crippen LogP) is 8.39. The maximum atomic E-state index is 6.33. The molecule has 1 heterocycles. The van der Waals surface area contributed by atoms with Gasteiger partial charge in [-0.15, -0.1) is 11.6 Å². The maximum Gasteiger partial charge on any atom is 0.207 e. The summed E-state index contributed by atoms with van der Waals surface area (Å²) >= 11 is 6.24. The van der Waals surface area contributed by atoms with Crippen LogP contribution in [-0.4, -0.2) is 20.4 Å². The van der Waals surface area contributed by atoms with Gasteiger partial charge in [0.1, 0.15) is 0 Å². The van der Waals surface area contributed by atoms with Gasteiger partial charge in [0.2, 0.25) is 8.32 Å². The van der Waals surface area contributed by atoms with E-state index in [0.29, 0.717) is 0 Å². The van der Waals surface area contributed by atoms with Gasteiger partial charge in [-0.05, 0) is 18.5 Å². The van der Waals surface area contributed by atoms with E-state index in [1.54, 1.807) is 0 Å². The molecule has 0 N–H and O–H groups in total. The van der Waals surface area contributed by atoms with Crippen LogP contribution in [0.4, 0.5) is 0 Å². The molecular formula is C22H45ClOSi. The smallest absolute Gasteiger partial charge is 0.207 e. The van der Waals surface area contributed by atoms with Crippen LogP contribution >= 0.6 is 11.6 Å². The summed E-state index contributed by atoms with van der Waals surface area (Å²) < 4.78 is 6.33. The van der Waals surface area contributed by atoms with Gasteiger partial charge in [-0.1, -0.05) is 110 Å². The van der Waals surface area contributed by atoms with Crippen molar-refractivity contribution in [3.8, 4) is 0 Å². The minimum atomic E-state index is -1.50. The number of alkyl halides is 1. The van der Waals surface area contributed by atoms with Crippen molar-refractivity contribution in [3.05, 3.63) is 0 Å². The Balaban J connectivity index is 1.78. The molecule has 0 spiro atoms. The van der Waals surface area contributed by atoms with E-state index in [-0.39, 0.29) is 0 Å². The number of hydrogen-bond acceptors (Lipinski definition) is 1. The van der Waals surface area contributed by atoms with Crippen LogP contribution in [0.1, 0.15) is 116 Å². The second-order valence-electron chi connectivity index (χ2n) is 8.32. The molecule has 0 aromatic heterocycles. The highest BCUT2D eigenvalue weighted by molar-refractivity contribution is 6.80. The van der Waals surface area contributed by atoms with Crippen molar-refractivity contribution in [2.24, 2.45) is 0 Å². The van der Waals surface area contributed by atoms with Crippen molar-refractivity contribution in [2.45, 2.75) is 128 Å². The third-order valence-electron chi connectivity index (χ3n) is 5.91. The van der Waals surface area contributed by atoms with Crippen LogP contribution in [0.5, 0.6) is 0 Å². The van der Waals surface area contributed by atoms with Gasteiger partial charge in [0.05, 0.1) is 0 Å². The molecule has 0 radical (unpaired) electrons. The first kappa shape index (κ1) is 23.5. The fourth-order valence-corrected chi connectivity index (χ4v) is 8.38. The molecule has 1 aliphatic rings. The van der Waals surface area contributed by atoms with Crippen molar-refractivity contribution in [1.82, 2.24) is 0 Å². The minimum absolute atomic E-state index is 0.825. The zero-order valence-electron chi connectivity index (χ0n) is 17.1. The average Bonchev–Trinajstić information content (AvgIpc) is 2.65.